The van der Waals surface area contributed by atoms with Gasteiger partial charge < -0.3 is 9.47 Å². The monoisotopic (exact) mass is 427 g/mol. The molecule has 3 rings (SSSR count). The standard InChI is InChI=1S/C13H8N2O7.C7H9NO/c16-13(21-11-5-1-9(2-6-11)14(17)18)22-12-7-3-10(4-8-12)15(19)20;8-9-6-7-4-2-1-3-5-7/h1-8H;1-5H,6,8H2. The second-order valence-corrected chi connectivity index (χ2v) is 5.75. The first-order valence-corrected chi connectivity index (χ1v) is 8.63. The predicted octanol–water partition coefficient (Wildman–Crippen LogP) is 4.16. The number of nitrogens with two attached hydrogens (primary N) is 1. The zero-order chi connectivity index (χ0) is 22.6. The number of nitro benzene ring substituents is 2. The number of nitrogens with zero attached hydrogens (tertiary/aromatic N) is 2. The fourth-order valence-corrected chi connectivity index (χ4v) is 2.16. The summed E-state index contributed by atoms with van der Waals surface area (Å²) in [6.07, 6.45) is -1.07. The van der Waals surface area contributed by atoms with E-state index in [1.807, 2.05) is 30.3 Å². The summed E-state index contributed by atoms with van der Waals surface area (Å²) < 4.78 is 9.63. The first kappa shape index (κ1) is 22.9. The van der Waals surface area contributed by atoms with E-state index < -0.39 is 16.0 Å². The first-order valence-electron chi connectivity index (χ1n) is 8.63. The van der Waals surface area contributed by atoms with Crippen LogP contribution in [0.2, 0.25) is 0 Å². The summed E-state index contributed by atoms with van der Waals surface area (Å²) in [4.78, 5) is 35.7. The van der Waals surface area contributed by atoms with Crippen LogP contribution in [0.3, 0.4) is 0 Å². The van der Waals surface area contributed by atoms with Gasteiger partial charge in [-0.2, -0.15) is 0 Å². The molecule has 0 unspecified atom stereocenters. The van der Waals surface area contributed by atoms with E-state index >= 15 is 0 Å². The van der Waals surface area contributed by atoms with Crippen LogP contribution in [0.4, 0.5) is 16.2 Å². The molecule has 0 radical (unpaired) electrons. The maximum Gasteiger partial charge on any atom is 0.519 e. The molecular weight excluding hydrogens is 410 g/mol. The van der Waals surface area contributed by atoms with Crippen LogP contribution in [0.1, 0.15) is 5.56 Å². The molecule has 0 aliphatic carbocycles. The van der Waals surface area contributed by atoms with Gasteiger partial charge in [0.05, 0.1) is 16.5 Å². The molecule has 0 aromatic heterocycles. The van der Waals surface area contributed by atoms with Gasteiger partial charge in [-0.25, -0.2) is 10.7 Å². The van der Waals surface area contributed by atoms with Gasteiger partial charge in [-0.05, 0) is 29.8 Å². The molecule has 11 nitrogen and oxygen atoms in total. The third-order valence-corrected chi connectivity index (χ3v) is 3.59. The van der Waals surface area contributed by atoms with E-state index in [0.29, 0.717) is 6.61 Å². The van der Waals surface area contributed by atoms with Crippen LogP contribution in [-0.2, 0) is 11.4 Å². The lowest BCUT2D eigenvalue weighted by Gasteiger charge is -2.05. The normalized spacial score (nSPS) is 9.71. The summed E-state index contributed by atoms with van der Waals surface area (Å²) in [5.41, 5.74) is 0.812. The van der Waals surface area contributed by atoms with E-state index in [1.165, 1.54) is 48.5 Å². The molecular formula is C20H17N3O8. The van der Waals surface area contributed by atoms with Gasteiger partial charge in [0.15, 0.2) is 0 Å². The Bertz CT molecular complexity index is 947. The second kappa shape index (κ2) is 11.6. The summed E-state index contributed by atoms with van der Waals surface area (Å²) in [6.45, 7) is 0.487. The van der Waals surface area contributed by atoms with Gasteiger partial charge in [0.25, 0.3) is 11.4 Å². The largest absolute Gasteiger partial charge is 0.519 e. The molecule has 0 aliphatic rings. The number of nitro groups is 2. The van der Waals surface area contributed by atoms with Crippen LogP contribution >= 0.6 is 0 Å². The van der Waals surface area contributed by atoms with Crippen molar-refractivity contribution in [3.05, 3.63) is 105 Å². The molecule has 0 bridgehead atoms. The van der Waals surface area contributed by atoms with Crippen molar-refractivity contribution in [2.75, 3.05) is 0 Å². The van der Waals surface area contributed by atoms with Crippen molar-refractivity contribution in [2.45, 2.75) is 6.61 Å². The Hall–Kier alpha value is -4.35. The van der Waals surface area contributed by atoms with E-state index in [2.05, 4.69) is 4.84 Å². The minimum Gasteiger partial charge on any atom is -0.395 e. The van der Waals surface area contributed by atoms with E-state index in [0.717, 1.165) is 5.56 Å². The third-order valence-electron chi connectivity index (χ3n) is 3.59. The lowest BCUT2D eigenvalue weighted by molar-refractivity contribution is -0.385. The quantitative estimate of drug-likeness (QED) is 0.264. The minimum absolute atomic E-state index is 0.0671. The number of non-ortho nitro benzene ring substituents is 2. The molecule has 11 heteroatoms. The number of carbonyl (C=O) groups excluding carboxylic acids is 1. The maximum absolute atomic E-state index is 11.5. The molecule has 31 heavy (non-hydrogen) atoms. The molecule has 0 amide bonds. The number of carbonyl (C=O) groups is 1. The van der Waals surface area contributed by atoms with E-state index in [1.54, 1.807) is 0 Å². The number of hydrogen-bond acceptors (Lipinski definition) is 9. The molecule has 160 valence electrons. The van der Waals surface area contributed by atoms with Crippen LogP contribution in [0.15, 0.2) is 78.9 Å². The van der Waals surface area contributed by atoms with Crippen LogP contribution < -0.4 is 15.4 Å². The SMILES string of the molecule is NOCc1ccccc1.O=C(Oc1ccc([N+](=O)[O-])cc1)Oc1ccc([N+](=O)[O-])cc1. The Labute approximate surface area is 175 Å². The first-order chi connectivity index (χ1) is 14.9. The van der Waals surface area contributed by atoms with Crippen LogP contribution in [0.25, 0.3) is 0 Å². The van der Waals surface area contributed by atoms with Gasteiger partial charge >= 0.3 is 6.16 Å². The number of ether oxygens (including phenoxy) is 2. The Morgan fingerprint density at radius 2 is 1.16 bits per heavy atom. The van der Waals surface area contributed by atoms with Crippen molar-refractivity contribution >= 4 is 17.5 Å². The topological polar surface area (TPSA) is 157 Å². The Balaban J connectivity index is 0.000000316. The fraction of sp³-hybridized carbons (Fsp3) is 0.0500. The van der Waals surface area contributed by atoms with Crippen molar-refractivity contribution in [1.29, 1.82) is 0 Å². The molecule has 0 atom stereocenters. The smallest absolute Gasteiger partial charge is 0.395 e. The molecule has 0 saturated heterocycles. The fourth-order valence-electron chi connectivity index (χ4n) is 2.16. The van der Waals surface area contributed by atoms with Crippen LogP contribution in [-0.4, -0.2) is 16.0 Å². The number of benzene rings is 3. The van der Waals surface area contributed by atoms with Crippen molar-refractivity contribution in [2.24, 2.45) is 5.90 Å². The Morgan fingerprint density at radius 1 is 0.742 bits per heavy atom. The van der Waals surface area contributed by atoms with Crippen molar-refractivity contribution in [3.63, 3.8) is 0 Å². The van der Waals surface area contributed by atoms with Crippen molar-refractivity contribution in [3.8, 4) is 11.5 Å². The van der Waals surface area contributed by atoms with Gasteiger partial charge in [0.2, 0.25) is 0 Å². The summed E-state index contributed by atoms with van der Waals surface area (Å²) >= 11 is 0. The van der Waals surface area contributed by atoms with E-state index in [9.17, 15) is 25.0 Å². The minimum atomic E-state index is -1.07. The molecule has 0 spiro atoms. The third kappa shape index (κ3) is 7.89. The number of rotatable bonds is 6. The average molecular weight is 427 g/mol. The van der Waals surface area contributed by atoms with Gasteiger partial charge in [-0.15, -0.1) is 0 Å². The predicted molar refractivity (Wildman–Crippen MR) is 108 cm³/mol. The zero-order valence-electron chi connectivity index (χ0n) is 16.0. The molecule has 2 N–H and O–H groups in total. The maximum atomic E-state index is 11.5. The van der Waals surface area contributed by atoms with Crippen molar-refractivity contribution < 1.29 is 29.0 Å². The molecule has 0 saturated carbocycles. The summed E-state index contributed by atoms with van der Waals surface area (Å²) in [5, 5.41) is 21.0. The van der Waals surface area contributed by atoms with Gasteiger partial charge in [0, 0.05) is 24.3 Å². The van der Waals surface area contributed by atoms with Gasteiger partial charge in [0.1, 0.15) is 11.5 Å². The highest BCUT2D eigenvalue weighted by atomic mass is 16.7. The molecule has 0 aliphatic heterocycles. The molecule has 0 fully saturated rings. The average Bonchev–Trinajstić information content (AvgIpc) is 2.76. The molecule has 3 aromatic carbocycles. The lowest BCUT2D eigenvalue weighted by Crippen LogP contribution is -2.13. The number of hydrogen-bond donors (Lipinski definition) is 1. The summed E-state index contributed by atoms with van der Waals surface area (Å²) in [6, 6.07) is 19.5. The Morgan fingerprint density at radius 3 is 1.52 bits per heavy atom. The molecule has 3 aromatic rings. The summed E-state index contributed by atoms with van der Waals surface area (Å²) in [7, 11) is 0. The van der Waals surface area contributed by atoms with Crippen LogP contribution in [0.5, 0.6) is 11.5 Å². The lowest BCUT2D eigenvalue weighted by atomic mass is 10.2. The van der Waals surface area contributed by atoms with E-state index in [4.69, 9.17) is 15.4 Å². The van der Waals surface area contributed by atoms with Crippen LogP contribution in [0, 0.1) is 20.2 Å². The van der Waals surface area contributed by atoms with E-state index in [-0.39, 0.29) is 22.9 Å². The molecule has 0 heterocycles. The van der Waals surface area contributed by atoms with Crippen molar-refractivity contribution in [1.82, 2.24) is 0 Å². The second-order valence-electron chi connectivity index (χ2n) is 5.75. The Kier molecular flexibility index (Phi) is 8.58. The highest BCUT2D eigenvalue weighted by Gasteiger charge is 2.11. The zero-order valence-corrected chi connectivity index (χ0v) is 16.0. The van der Waals surface area contributed by atoms with Gasteiger partial charge in [-0.3, -0.25) is 25.1 Å². The highest BCUT2D eigenvalue weighted by molar-refractivity contribution is 5.67. The summed E-state index contributed by atoms with van der Waals surface area (Å²) in [5.74, 6) is 4.99. The van der Waals surface area contributed by atoms with Gasteiger partial charge in [-0.1, -0.05) is 30.3 Å². The highest BCUT2D eigenvalue weighted by Crippen LogP contribution is 2.20.